The molecule has 0 radical (unpaired) electrons. The Bertz CT molecular complexity index is 840. The number of fused-ring (bicyclic) bond motifs is 1. The van der Waals surface area contributed by atoms with Crippen molar-refractivity contribution in [3.8, 4) is 5.82 Å². The number of pyridine rings is 1. The zero-order chi connectivity index (χ0) is 15.0. The summed E-state index contributed by atoms with van der Waals surface area (Å²) >= 11 is 0. The predicted octanol–water partition coefficient (Wildman–Crippen LogP) is 2.03. The van der Waals surface area contributed by atoms with Crippen LogP contribution in [-0.2, 0) is 0 Å². The minimum atomic E-state index is -1.46. The number of nitrogens with zero attached hydrogens (tertiary/aromatic N) is 4. The van der Waals surface area contributed by atoms with Crippen LogP contribution in [0, 0.1) is 10.1 Å². The fraction of sp³-hybridized carbons (Fsp3) is 0. The molecule has 0 amide bonds. The van der Waals surface area contributed by atoms with Crippen LogP contribution in [0.5, 0.6) is 0 Å². The molecule has 0 aliphatic heterocycles. The topological polar surface area (TPSA) is 111 Å². The summed E-state index contributed by atoms with van der Waals surface area (Å²) in [6, 6.07) is 10.7. The summed E-state index contributed by atoms with van der Waals surface area (Å²) in [5, 5.41) is 24.4. The molecule has 0 aliphatic rings. The number of aromatic nitrogens is 3. The fourth-order valence-electron chi connectivity index (χ4n) is 1.95. The quantitative estimate of drug-likeness (QED) is 0.581. The average molecular weight is 284 g/mol. The van der Waals surface area contributed by atoms with Gasteiger partial charge in [0, 0.05) is 5.39 Å². The first-order valence-electron chi connectivity index (χ1n) is 5.90. The second kappa shape index (κ2) is 4.67. The highest BCUT2D eigenvalue weighted by Gasteiger charge is 2.25. The van der Waals surface area contributed by atoms with Crippen LogP contribution in [-0.4, -0.2) is 30.8 Å². The number of carbonyl (C=O) groups is 1. The van der Waals surface area contributed by atoms with E-state index in [1.165, 1.54) is 0 Å². The molecule has 0 aliphatic carbocycles. The Morgan fingerprint density at radius 3 is 2.67 bits per heavy atom. The van der Waals surface area contributed by atoms with E-state index in [1.807, 2.05) is 18.2 Å². The van der Waals surface area contributed by atoms with Crippen LogP contribution < -0.4 is 0 Å². The first-order valence-corrected chi connectivity index (χ1v) is 5.90. The number of para-hydroxylation sites is 1. The molecule has 3 aromatic rings. The van der Waals surface area contributed by atoms with Crippen molar-refractivity contribution in [2.45, 2.75) is 0 Å². The molecule has 0 bridgehead atoms. The molecule has 2 aromatic heterocycles. The molecular weight excluding hydrogens is 276 g/mol. The van der Waals surface area contributed by atoms with Gasteiger partial charge in [-0.25, -0.2) is 14.5 Å². The maximum atomic E-state index is 11.0. The number of hydrogen-bond acceptors (Lipinski definition) is 5. The van der Waals surface area contributed by atoms with Gasteiger partial charge in [-0.2, -0.15) is 5.10 Å². The van der Waals surface area contributed by atoms with Crippen molar-refractivity contribution >= 4 is 22.6 Å². The summed E-state index contributed by atoms with van der Waals surface area (Å²) in [4.78, 5) is 25.4. The Balaban J connectivity index is 2.16. The molecule has 0 fully saturated rings. The van der Waals surface area contributed by atoms with Gasteiger partial charge in [0.2, 0.25) is 5.69 Å². The second-order valence-corrected chi connectivity index (χ2v) is 4.23. The van der Waals surface area contributed by atoms with Gasteiger partial charge >= 0.3 is 11.7 Å². The third-order valence-electron chi connectivity index (χ3n) is 2.91. The highest BCUT2D eigenvalue weighted by molar-refractivity contribution is 5.90. The normalized spacial score (nSPS) is 10.7. The van der Waals surface area contributed by atoms with Gasteiger partial charge in [-0.05, 0) is 18.2 Å². The van der Waals surface area contributed by atoms with Crippen LogP contribution in [0.25, 0.3) is 16.7 Å². The minimum Gasteiger partial charge on any atom is -0.476 e. The van der Waals surface area contributed by atoms with Gasteiger partial charge < -0.3 is 5.11 Å². The van der Waals surface area contributed by atoms with Crippen molar-refractivity contribution in [3.05, 3.63) is 58.4 Å². The van der Waals surface area contributed by atoms with Gasteiger partial charge in [-0.3, -0.25) is 10.1 Å². The molecule has 0 unspecified atom stereocenters. The number of nitro groups is 1. The van der Waals surface area contributed by atoms with Crippen LogP contribution in [0.3, 0.4) is 0 Å². The van der Waals surface area contributed by atoms with Crippen LogP contribution in [0.15, 0.2) is 42.6 Å². The molecule has 0 spiro atoms. The minimum absolute atomic E-state index is 0.310. The van der Waals surface area contributed by atoms with Gasteiger partial charge in [0.1, 0.15) is 6.20 Å². The highest BCUT2D eigenvalue weighted by Crippen LogP contribution is 2.20. The molecule has 2 heterocycles. The summed E-state index contributed by atoms with van der Waals surface area (Å²) in [5.74, 6) is -1.15. The number of aromatic carboxylic acids is 1. The van der Waals surface area contributed by atoms with Crippen molar-refractivity contribution in [2.24, 2.45) is 0 Å². The van der Waals surface area contributed by atoms with E-state index >= 15 is 0 Å². The average Bonchev–Trinajstić information content (AvgIpc) is 2.92. The van der Waals surface area contributed by atoms with Crippen molar-refractivity contribution in [1.29, 1.82) is 0 Å². The van der Waals surface area contributed by atoms with Gasteiger partial charge in [-0.15, -0.1) is 0 Å². The largest absolute Gasteiger partial charge is 0.476 e. The first kappa shape index (κ1) is 12.7. The van der Waals surface area contributed by atoms with E-state index in [0.29, 0.717) is 11.3 Å². The van der Waals surface area contributed by atoms with E-state index in [2.05, 4.69) is 10.1 Å². The zero-order valence-corrected chi connectivity index (χ0v) is 10.5. The molecule has 8 nitrogen and oxygen atoms in total. The smallest absolute Gasteiger partial charge is 0.363 e. The zero-order valence-electron chi connectivity index (χ0n) is 10.5. The third-order valence-corrected chi connectivity index (χ3v) is 2.91. The molecule has 0 saturated carbocycles. The Kier molecular flexibility index (Phi) is 2.83. The maximum Gasteiger partial charge on any atom is 0.363 e. The van der Waals surface area contributed by atoms with E-state index in [-0.39, 0.29) is 0 Å². The lowest BCUT2D eigenvalue weighted by atomic mass is 10.2. The standard InChI is InChI=1S/C13H8N4O4/c18-13(19)12-10(17(20)21)7-16(15-12)11-6-5-8-3-1-2-4-9(8)14-11/h1-7H,(H,18,19). The van der Waals surface area contributed by atoms with Crippen molar-refractivity contribution in [1.82, 2.24) is 14.8 Å². The second-order valence-electron chi connectivity index (χ2n) is 4.23. The molecular formula is C13H8N4O4. The Labute approximate surface area is 117 Å². The van der Waals surface area contributed by atoms with Crippen LogP contribution in [0.4, 0.5) is 5.69 Å². The van der Waals surface area contributed by atoms with Crippen LogP contribution >= 0.6 is 0 Å². The van der Waals surface area contributed by atoms with E-state index in [1.54, 1.807) is 18.2 Å². The molecule has 0 saturated heterocycles. The summed E-state index contributed by atoms with van der Waals surface area (Å²) < 4.78 is 1.09. The maximum absolute atomic E-state index is 11.0. The van der Waals surface area contributed by atoms with Crippen molar-refractivity contribution in [2.75, 3.05) is 0 Å². The monoisotopic (exact) mass is 284 g/mol. The van der Waals surface area contributed by atoms with Gasteiger partial charge in [0.15, 0.2) is 5.82 Å². The number of carboxylic acid groups (broad SMARTS) is 1. The van der Waals surface area contributed by atoms with E-state index in [0.717, 1.165) is 16.3 Å². The summed E-state index contributed by atoms with van der Waals surface area (Å²) in [6.07, 6.45) is 1.04. The summed E-state index contributed by atoms with van der Waals surface area (Å²) in [7, 11) is 0. The summed E-state index contributed by atoms with van der Waals surface area (Å²) in [5.41, 5.74) is -0.502. The van der Waals surface area contributed by atoms with Crippen molar-refractivity contribution < 1.29 is 14.8 Å². The Morgan fingerprint density at radius 1 is 1.24 bits per heavy atom. The molecule has 1 aromatic carbocycles. The SMILES string of the molecule is O=C(O)c1nn(-c2ccc3ccccc3n2)cc1[N+](=O)[O-]. The lowest BCUT2D eigenvalue weighted by molar-refractivity contribution is -0.385. The van der Waals surface area contributed by atoms with E-state index in [4.69, 9.17) is 5.11 Å². The molecule has 104 valence electrons. The van der Waals surface area contributed by atoms with Gasteiger partial charge in [0.05, 0.1) is 10.4 Å². The Hall–Kier alpha value is -3.29. The van der Waals surface area contributed by atoms with E-state index < -0.39 is 22.3 Å². The van der Waals surface area contributed by atoms with Crippen molar-refractivity contribution in [3.63, 3.8) is 0 Å². The highest BCUT2D eigenvalue weighted by atomic mass is 16.6. The number of benzene rings is 1. The molecule has 21 heavy (non-hydrogen) atoms. The first-order chi connectivity index (χ1) is 10.1. The lowest BCUT2D eigenvalue weighted by Crippen LogP contribution is -2.03. The van der Waals surface area contributed by atoms with Crippen LogP contribution in [0.2, 0.25) is 0 Å². The van der Waals surface area contributed by atoms with Crippen LogP contribution in [0.1, 0.15) is 10.5 Å². The number of hydrogen-bond donors (Lipinski definition) is 1. The fourth-order valence-corrected chi connectivity index (χ4v) is 1.95. The Morgan fingerprint density at radius 2 is 2.00 bits per heavy atom. The van der Waals surface area contributed by atoms with Gasteiger partial charge in [-0.1, -0.05) is 18.2 Å². The number of carboxylic acids is 1. The molecule has 3 rings (SSSR count). The number of rotatable bonds is 3. The lowest BCUT2D eigenvalue weighted by Gasteiger charge is -2.01. The van der Waals surface area contributed by atoms with E-state index in [9.17, 15) is 14.9 Å². The third kappa shape index (κ3) is 2.18. The van der Waals surface area contributed by atoms with Gasteiger partial charge in [0.25, 0.3) is 0 Å². The molecule has 8 heteroatoms. The molecule has 1 N–H and O–H groups in total. The molecule has 0 atom stereocenters. The summed E-state index contributed by atoms with van der Waals surface area (Å²) in [6.45, 7) is 0. The predicted molar refractivity (Wildman–Crippen MR) is 72.5 cm³/mol.